The first-order chi connectivity index (χ1) is 16.1. The van der Waals surface area contributed by atoms with E-state index in [4.69, 9.17) is 0 Å². The molecule has 33 heavy (non-hydrogen) atoms. The Hall–Kier alpha value is -3.41. The number of hydrogen-bond acceptors (Lipinski definition) is 6. The van der Waals surface area contributed by atoms with Crippen molar-refractivity contribution >= 4 is 23.6 Å². The van der Waals surface area contributed by atoms with Crippen LogP contribution in [0.5, 0.6) is 0 Å². The average molecular weight is 444 g/mol. The predicted octanol–water partition coefficient (Wildman–Crippen LogP) is 2.84. The van der Waals surface area contributed by atoms with Gasteiger partial charge in [0.25, 0.3) is 0 Å². The van der Waals surface area contributed by atoms with Gasteiger partial charge in [0.15, 0.2) is 5.94 Å². The Morgan fingerprint density at radius 2 is 2.18 bits per heavy atom. The molecule has 4 aliphatic rings. The number of allylic oxidation sites excluding steroid dienone is 2. The van der Waals surface area contributed by atoms with Crippen LogP contribution >= 0.6 is 0 Å². The lowest BCUT2D eigenvalue weighted by molar-refractivity contribution is -0.125. The van der Waals surface area contributed by atoms with Gasteiger partial charge in [-0.15, -0.1) is 0 Å². The summed E-state index contributed by atoms with van der Waals surface area (Å²) in [6.45, 7) is 4.21. The van der Waals surface area contributed by atoms with Gasteiger partial charge in [-0.05, 0) is 72.4 Å². The quantitative estimate of drug-likeness (QED) is 0.607. The van der Waals surface area contributed by atoms with Crippen molar-refractivity contribution in [3.8, 4) is 0 Å². The molecular formula is C26H29N5O2. The second-order valence-corrected chi connectivity index (χ2v) is 8.98. The fourth-order valence-electron chi connectivity index (χ4n) is 4.51. The van der Waals surface area contributed by atoms with Gasteiger partial charge in [-0.3, -0.25) is 14.7 Å². The van der Waals surface area contributed by atoms with Gasteiger partial charge in [-0.1, -0.05) is 19.1 Å². The molecule has 1 amide bonds. The largest absolute Gasteiger partial charge is 0.391 e. The third-order valence-corrected chi connectivity index (χ3v) is 6.53. The molecule has 5 rings (SSSR count). The monoisotopic (exact) mass is 443 g/mol. The first kappa shape index (κ1) is 21.4. The first-order valence-corrected chi connectivity index (χ1v) is 11.7. The summed E-state index contributed by atoms with van der Waals surface area (Å²) < 4.78 is 0. The van der Waals surface area contributed by atoms with Crippen LogP contribution in [0.15, 0.2) is 59.1 Å². The third kappa shape index (κ3) is 4.70. The molecule has 1 aliphatic carbocycles. The lowest BCUT2D eigenvalue weighted by Gasteiger charge is -2.33. The molecule has 1 fully saturated rings. The highest BCUT2D eigenvalue weighted by Gasteiger charge is 2.32. The zero-order chi connectivity index (χ0) is 22.8. The van der Waals surface area contributed by atoms with Crippen LogP contribution in [-0.4, -0.2) is 46.9 Å². The Labute approximate surface area is 194 Å². The van der Waals surface area contributed by atoms with Crippen LogP contribution in [0.1, 0.15) is 43.9 Å². The third-order valence-electron chi connectivity index (χ3n) is 6.53. The predicted molar refractivity (Wildman–Crippen MR) is 129 cm³/mol. The highest BCUT2D eigenvalue weighted by molar-refractivity contribution is 5.85. The average Bonchev–Trinajstić information content (AvgIpc) is 3.67. The number of carbonyl (C=O) groups is 1. The molecule has 0 saturated heterocycles. The summed E-state index contributed by atoms with van der Waals surface area (Å²) in [5.41, 5.74) is 6.53. The maximum Gasteiger partial charge on any atom is 0.241 e. The second-order valence-electron chi connectivity index (χ2n) is 8.98. The molecule has 1 saturated carbocycles. The first-order valence-electron chi connectivity index (χ1n) is 11.7. The molecule has 0 spiro atoms. The highest BCUT2D eigenvalue weighted by Crippen LogP contribution is 2.30. The van der Waals surface area contributed by atoms with Crippen LogP contribution in [-0.2, 0) is 16.1 Å². The summed E-state index contributed by atoms with van der Waals surface area (Å²) in [7, 11) is 0. The minimum atomic E-state index is -0.318. The number of fused-ring (bicyclic) bond motifs is 1. The number of rotatable bonds is 5. The van der Waals surface area contributed by atoms with Crippen LogP contribution in [0.25, 0.3) is 6.08 Å². The summed E-state index contributed by atoms with van der Waals surface area (Å²) >= 11 is 0. The van der Waals surface area contributed by atoms with Gasteiger partial charge in [0.1, 0.15) is 11.7 Å². The molecule has 170 valence electrons. The van der Waals surface area contributed by atoms with Crippen LogP contribution in [0.2, 0.25) is 0 Å². The zero-order valence-corrected chi connectivity index (χ0v) is 18.9. The van der Waals surface area contributed by atoms with E-state index in [0.29, 0.717) is 24.8 Å². The van der Waals surface area contributed by atoms with Gasteiger partial charge < -0.3 is 16.0 Å². The summed E-state index contributed by atoms with van der Waals surface area (Å²) in [6.07, 6.45) is 15.9. The van der Waals surface area contributed by atoms with Crippen molar-refractivity contribution in [2.45, 2.75) is 51.2 Å². The van der Waals surface area contributed by atoms with E-state index in [1.165, 1.54) is 11.1 Å². The number of pyridine rings is 1. The number of aromatic nitrogens is 1. The number of hydrogen-bond donors (Lipinski definition) is 3. The van der Waals surface area contributed by atoms with Crippen LogP contribution in [0.4, 0.5) is 5.69 Å². The maximum atomic E-state index is 13.0. The minimum absolute atomic E-state index is 0.0596. The van der Waals surface area contributed by atoms with Crippen molar-refractivity contribution in [1.29, 1.82) is 0 Å². The maximum absolute atomic E-state index is 13.0. The molecular weight excluding hydrogens is 414 g/mol. The number of nitrogens with one attached hydrogen (secondary N) is 3. The fourth-order valence-corrected chi connectivity index (χ4v) is 4.51. The molecule has 1 aromatic heterocycles. The normalized spacial score (nSPS) is 24.3. The summed E-state index contributed by atoms with van der Waals surface area (Å²) in [5, 5.41) is 9.57. The van der Waals surface area contributed by atoms with E-state index >= 15 is 0 Å². The van der Waals surface area contributed by atoms with Crippen molar-refractivity contribution < 1.29 is 9.59 Å². The molecule has 0 bridgehead atoms. The van der Waals surface area contributed by atoms with Crippen molar-refractivity contribution in [1.82, 2.24) is 20.5 Å². The Morgan fingerprint density at radius 1 is 1.30 bits per heavy atom. The molecule has 1 unspecified atom stereocenters. The Kier molecular flexibility index (Phi) is 5.99. The molecule has 1 atom stereocenters. The Morgan fingerprint density at radius 3 is 2.91 bits per heavy atom. The van der Waals surface area contributed by atoms with Crippen molar-refractivity contribution in [2.24, 2.45) is 0 Å². The Balaban J connectivity index is 1.42. The van der Waals surface area contributed by atoms with Crippen LogP contribution in [0.3, 0.4) is 0 Å². The van der Waals surface area contributed by atoms with E-state index in [0.717, 1.165) is 54.7 Å². The summed E-state index contributed by atoms with van der Waals surface area (Å²) in [6, 6.07) is 2.03. The van der Waals surface area contributed by atoms with Crippen molar-refractivity contribution in [3.63, 3.8) is 0 Å². The number of carbonyl (C=O) groups excluding carboxylic acids is 2. The lowest BCUT2D eigenvalue weighted by Crippen LogP contribution is -2.48. The SMILES string of the molecule is CCC1=Cc2ncc(CN3CC(=C4C=CNCC4)C=CC3C(=O)NC3CC3)cc2NC1=C=O. The number of anilines is 1. The summed E-state index contributed by atoms with van der Waals surface area (Å²) in [5.74, 6) is 2.06. The molecule has 4 heterocycles. The topological polar surface area (TPSA) is 86.4 Å². The minimum Gasteiger partial charge on any atom is -0.391 e. The van der Waals surface area contributed by atoms with Gasteiger partial charge in [0, 0.05) is 31.9 Å². The molecule has 0 radical (unpaired) electrons. The van der Waals surface area contributed by atoms with Gasteiger partial charge in [0.2, 0.25) is 5.91 Å². The lowest BCUT2D eigenvalue weighted by atomic mass is 9.96. The molecule has 7 nitrogen and oxygen atoms in total. The molecule has 3 aliphatic heterocycles. The molecule has 0 aromatic carbocycles. The molecule has 7 heteroatoms. The van der Waals surface area contributed by atoms with Gasteiger partial charge in [0.05, 0.1) is 11.4 Å². The zero-order valence-electron chi connectivity index (χ0n) is 18.9. The van der Waals surface area contributed by atoms with Crippen LogP contribution in [0, 0.1) is 0 Å². The standard InChI is InChI=1S/C26H29N5O2/c1-2-18-12-22-23(30-24(18)16-32)11-17(13-28-22)14-31-15-20(19-7-9-27-10-8-19)3-6-25(31)26(33)29-21-4-5-21/h3,6-7,9,11-13,21,25,27,30H,2,4-5,8,10,14-15H2,1H3,(H,29,33). The van der Waals surface area contributed by atoms with Crippen molar-refractivity contribution in [3.05, 3.63) is 70.4 Å². The van der Waals surface area contributed by atoms with E-state index in [-0.39, 0.29) is 11.9 Å². The van der Waals surface area contributed by atoms with E-state index in [1.807, 2.05) is 43.5 Å². The van der Waals surface area contributed by atoms with Gasteiger partial charge in [-0.2, -0.15) is 0 Å². The van der Waals surface area contributed by atoms with E-state index in [1.54, 1.807) is 0 Å². The van der Waals surface area contributed by atoms with Gasteiger partial charge in [-0.25, -0.2) is 4.79 Å². The van der Waals surface area contributed by atoms with E-state index in [9.17, 15) is 9.59 Å². The van der Waals surface area contributed by atoms with E-state index in [2.05, 4.69) is 38.0 Å². The van der Waals surface area contributed by atoms with Gasteiger partial charge >= 0.3 is 0 Å². The molecule has 3 N–H and O–H groups in total. The van der Waals surface area contributed by atoms with E-state index < -0.39 is 0 Å². The highest BCUT2D eigenvalue weighted by atomic mass is 16.2. The smallest absolute Gasteiger partial charge is 0.241 e. The van der Waals surface area contributed by atoms with Crippen molar-refractivity contribution in [2.75, 3.05) is 18.4 Å². The number of nitrogens with zero attached hydrogens (tertiary/aromatic N) is 2. The summed E-state index contributed by atoms with van der Waals surface area (Å²) in [4.78, 5) is 31.2. The fraction of sp³-hybridized carbons (Fsp3) is 0.385. The van der Waals surface area contributed by atoms with Crippen LogP contribution < -0.4 is 16.0 Å². The Bertz CT molecular complexity index is 1140. The molecule has 1 aromatic rings. The second kappa shape index (κ2) is 9.22. The number of amides is 1.